The highest BCUT2D eigenvalue weighted by atomic mass is 32.1. The Morgan fingerprint density at radius 3 is 2.44 bits per heavy atom. The van der Waals surface area contributed by atoms with E-state index in [1.54, 1.807) is 5.51 Å². The second kappa shape index (κ2) is 4.53. The second-order valence-corrected chi connectivity index (χ2v) is 4.64. The molecule has 0 bridgehead atoms. The van der Waals surface area contributed by atoms with Gasteiger partial charge in [-0.25, -0.2) is 4.98 Å². The summed E-state index contributed by atoms with van der Waals surface area (Å²) in [5.41, 5.74) is 9.44. The van der Waals surface area contributed by atoms with Crippen molar-refractivity contribution in [3.63, 3.8) is 0 Å². The Morgan fingerprint density at radius 1 is 1.25 bits per heavy atom. The molecule has 0 aliphatic carbocycles. The highest BCUT2D eigenvalue weighted by Crippen LogP contribution is 2.28. The lowest BCUT2D eigenvalue weighted by Crippen LogP contribution is -2.05. The molecule has 0 amide bonds. The third-order valence-electron chi connectivity index (χ3n) is 2.09. The van der Waals surface area contributed by atoms with E-state index in [1.807, 2.05) is 38.1 Å². The van der Waals surface area contributed by atoms with Crippen LogP contribution in [0.3, 0.4) is 0 Å². The van der Waals surface area contributed by atoms with Gasteiger partial charge in [0.25, 0.3) is 0 Å². The maximum absolute atomic E-state index is 5.82. The number of anilines is 1. The number of nitrogen functional groups attached to an aromatic ring is 1. The zero-order chi connectivity index (χ0) is 11.5. The van der Waals surface area contributed by atoms with Crippen LogP contribution in [0.4, 0.5) is 5.00 Å². The summed E-state index contributed by atoms with van der Waals surface area (Å²) in [7, 11) is 0. The van der Waals surface area contributed by atoms with Gasteiger partial charge >= 0.3 is 0 Å². The largest absolute Gasteiger partial charge is 0.491 e. The number of aromatic nitrogens is 1. The molecule has 0 radical (unpaired) electrons. The van der Waals surface area contributed by atoms with Gasteiger partial charge in [-0.05, 0) is 38.1 Å². The Hall–Kier alpha value is -1.55. The van der Waals surface area contributed by atoms with Crippen LogP contribution in [-0.4, -0.2) is 11.1 Å². The molecule has 3 nitrogen and oxygen atoms in total. The average Bonchev–Trinajstić information content (AvgIpc) is 2.65. The Balaban J connectivity index is 2.23. The summed E-state index contributed by atoms with van der Waals surface area (Å²) in [5.74, 6) is 0.868. The SMILES string of the molecule is CC(C)Oc1ccc(-c2ncsc2N)cc1. The summed E-state index contributed by atoms with van der Waals surface area (Å²) in [6, 6.07) is 7.83. The smallest absolute Gasteiger partial charge is 0.119 e. The van der Waals surface area contributed by atoms with Crippen LogP contribution in [0.1, 0.15) is 13.8 Å². The molecule has 4 heteroatoms. The van der Waals surface area contributed by atoms with Gasteiger partial charge in [-0.1, -0.05) is 0 Å². The van der Waals surface area contributed by atoms with Crippen LogP contribution in [-0.2, 0) is 0 Å². The van der Waals surface area contributed by atoms with E-state index in [1.165, 1.54) is 11.3 Å². The fourth-order valence-electron chi connectivity index (χ4n) is 1.44. The van der Waals surface area contributed by atoms with Crippen molar-refractivity contribution >= 4 is 16.3 Å². The van der Waals surface area contributed by atoms with Crippen LogP contribution in [0.5, 0.6) is 5.75 Å². The third kappa shape index (κ3) is 2.33. The minimum Gasteiger partial charge on any atom is -0.491 e. The van der Waals surface area contributed by atoms with Gasteiger partial charge in [-0.3, -0.25) is 0 Å². The van der Waals surface area contributed by atoms with Crippen molar-refractivity contribution in [2.45, 2.75) is 20.0 Å². The molecule has 0 aliphatic heterocycles. The predicted octanol–water partition coefficient (Wildman–Crippen LogP) is 3.18. The van der Waals surface area contributed by atoms with E-state index in [0.717, 1.165) is 22.0 Å². The first-order valence-corrected chi connectivity index (χ1v) is 6.01. The molecule has 2 rings (SSSR count). The second-order valence-electron chi connectivity index (χ2n) is 3.76. The summed E-state index contributed by atoms with van der Waals surface area (Å²) in [6.07, 6.45) is 0.190. The molecule has 0 saturated heterocycles. The van der Waals surface area contributed by atoms with E-state index in [4.69, 9.17) is 10.5 Å². The lowest BCUT2D eigenvalue weighted by atomic mass is 10.1. The third-order valence-corrected chi connectivity index (χ3v) is 2.75. The van der Waals surface area contributed by atoms with E-state index in [2.05, 4.69) is 4.98 Å². The lowest BCUT2D eigenvalue weighted by molar-refractivity contribution is 0.242. The van der Waals surface area contributed by atoms with Crippen LogP contribution < -0.4 is 10.5 Å². The van der Waals surface area contributed by atoms with E-state index < -0.39 is 0 Å². The van der Waals surface area contributed by atoms with Crippen LogP contribution in [0, 0.1) is 0 Å². The molecule has 0 saturated carbocycles. The Kier molecular flexibility index (Phi) is 3.10. The van der Waals surface area contributed by atoms with Crippen LogP contribution in [0.2, 0.25) is 0 Å². The van der Waals surface area contributed by atoms with Crippen LogP contribution in [0.25, 0.3) is 11.3 Å². The van der Waals surface area contributed by atoms with Gasteiger partial charge in [0.05, 0.1) is 11.6 Å². The number of thiazole rings is 1. The molecular weight excluding hydrogens is 220 g/mol. The maximum Gasteiger partial charge on any atom is 0.119 e. The van der Waals surface area contributed by atoms with Crippen molar-refractivity contribution in [2.75, 3.05) is 5.73 Å². The predicted molar refractivity (Wildman–Crippen MR) is 67.7 cm³/mol. The van der Waals surface area contributed by atoms with Crippen molar-refractivity contribution in [3.8, 4) is 17.0 Å². The molecule has 1 aromatic carbocycles. The van der Waals surface area contributed by atoms with E-state index in [9.17, 15) is 0 Å². The Morgan fingerprint density at radius 2 is 1.94 bits per heavy atom. The number of nitrogens with two attached hydrogens (primary N) is 1. The Labute approximate surface area is 98.9 Å². The van der Waals surface area contributed by atoms with Gasteiger partial charge in [0, 0.05) is 5.56 Å². The molecule has 0 aliphatic rings. The van der Waals surface area contributed by atoms with Crippen molar-refractivity contribution < 1.29 is 4.74 Å². The van der Waals surface area contributed by atoms with Gasteiger partial charge in [-0.15, -0.1) is 11.3 Å². The summed E-state index contributed by atoms with van der Waals surface area (Å²) < 4.78 is 5.57. The quantitative estimate of drug-likeness (QED) is 0.887. The first kappa shape index (κ1) is 11.0. The summed E-state index contributed by atoms with van der Waals surface area (Å²) in [4.78, 5) is 4.23. The van der Waals surface area contributed by atoms with Gasteiger partial charge < -0.3 is 10.5 Å². The molecule has 0 atom stereocenters. The molecule has 2 aromatic rings. The normalized spacial score (nSPS) is 10.7. The summed E-state index contributed by atoms with van der Waals surface area (Å²) in [5, 5.41) is 0.748. The molecule has 2 N–H and O–H groups in total. The Bertz CT molecular complexity index is 462. The number of rotatable bonds is 3. The number of ether oxygens (including phenoxy) is 1. The number of benzene rings is 1. The van der Waals surface area contributed by atoms with Crippen LogP contribution in [0.15, 0.2) is 29.8 Å². The molecule has 16 heavy (non-hydrogen) atoms. The summed E-state index contributed by atoms with van der Waals surface area (Å²) >= 11 is 1.45. The highest BCUT2D eigenvalue weighted by molar-refractivity contribution is 7.14. The molecule has 0 fully saturated rings. The van der Waals surface area contributed by atoms with Gasteiger partial charge in [0.2, 0.25) is 0 Å². The van der Waals surface area contributed by atoms with Crippen molar-refractivity contribution in [2.24, 2.45) is 0 Å². The zero-order valence-electron chi connectivity index (χ0n) is 9.31. The fourth-order valence-corrected chi connectivity index (χ4v) is 1.99. The van der Waals surface area contributed by atoms with Gasteiger partial charge in [-0.2, -0.15) is 0 Å². The first-order chi connectivity index (χ1) is 7.66. The van der Waals surface area contributed by atoms with E-state index >= 15 is 0 Å². The average molecular weight is 234 g/mol. The van der Waals surface area contributed by atoms with E-state index in [-0.39, 0.29) is 6.10 Å². The molecule has 1 heterocycles. The standard InChI is InChI=1S/C12H14N2OS/c1-8(2)15-10-5-3-9(4-6-10)11-12(13)16-7-14-11/h3-8H,13H2,1-2H3. The van der Waals surface area contributed by atoms with Crippen molar-refractivity contribution in [1.29, 1.82) is 0 Å². The van der Waals surface area contributed by atoms with E-state index in [0.29, 0.717) is 0 Å². The molecule has 0 spiro atoms. The first-order valence-electron chi connectivity index (χ1n) is 5.13. The molecule has 0 unspecified atom stereocenters. The maximum atomic E-state index is 5.82. The molecule has 84 valence electrons. The molecular formula is C12H14N2OS. The van der Waals surface area contributed by atoms with Crippen molar-refractivity contribution in [1.82, 2.24) is 4.98 Å². The highest BCUT2D eigenvalue weighted by Gasteiger charge is 2.05. The zero-order valence-corrected chi connectivity index (χ0v) is 10.1. The number of hydrogen-bond donors (Lipinski definition) is 1. The topological polar surface area (TPSA) is 48.1 Å². The number of hydrogen-bond acceptors (Lipinski definition) is 4. The minimum absolute atomic E-state index is 0.190. The van der Waals surface area contributed by atoms with Crippen molar-refractivity contribution in [3.05, 3.63) is 29.8 Å². The summed E-state index contributed by atoms with van der Waals surface area (Å²) in [6.45, 7) is 4.01. The van der Waals surface area contributed by atoms with Crippen LogP contribution >= 0.6 is 11.3 Å². The van der Waals surface area contributed by atoms with Gasteiger partial charge in [0.1, 0.15) is 16.4 Å². The number of nitrogens with zero attached hydrogens (tertiary/aromatic N) is 1. The minimum atomic E-state index is 0.190. The van der Waals surface area contributed by atoms with Gasteiger partial charge in [0.15, 0.2) is 0 Å². The monoisotopic (exact) mass is 234 g/mol. The lowest BCUT2D eigenvalue weighted by Gasteiger charge is -2.09. The molecule has 1 aromatic heterocycles. The fraction of sp³-hybridized carbons (Fsp3) is 0.250.